The number of nitrogens with two attached hydrogens (primary N) is 1. The van der Waals surface area contributed by atoms with Gasteiger partial charge >= 0.3 is 0 Å². The molecule has 108 valence electrons. The minimum absolute atomic E-state index is 0.116. The fourth-order valence-electron chi connectivity index (χ4n) is 5.40. The third-order valence-corrected chi connectivity index (χ3v) is 6.36. The van der Waals surface area contributed by atoms with Crippen LogP contribution in [0, 0.1) is 36.5 Å². The molecule has 4 rings (SSSR count). The Bertz CT molecular complexity index is 481. The van der Waals surface area contributed by atoms with Crippen LogP contribution in [0.3, 0.4) is 0 Å². The Morgan fingerprint density at radius 3 is 2.30 bits per heavy atom. The molecular formula is C18H25NO. The molecule has 0 aromatic heterocycles. The third-order valence-electron chi connectivity index (χ3n) is 6.36. The van der Waals surface area contributed by atoms with Crippen molar-refractivity contribution in [1.82, 2.24) is 0 Å². The Labute approximate surface area is 121 Å². The zero-order valence-corrected chi connectivity index (χ0v) is 12.2. The van der Waals surface area contributed by atoms with Gasteiger partial charge in [-0.2, -0.15) is 0 Å². The summed E-state index contributed by atoms with van der Waals surface area (Å²) in [6, 6.07) is 8.54. The molecule has 6 atom stereocenters. The van der Waals surface area contributed by atoms with Gasteiger partial charge in [-0.05, 0) is 61.3 Å². The maximum atomic E-state index is 10.9. The molecule has 1 aromatic rings. The zero-order chi connectivity index (χ0) is 13.9. The molecular weight excluding hydrogens is 246 g/mol. The van der Waals surface area contributed by atoms with E-state index in [4.69, 9.17) is 5.73 Å². The van der Waals surface area contributed by atoms with Gasteiger partial charge in [0.15, 0.2) is 0 Å². The van der Waals surface area contributed by atoms with E-state index in [0.29, 0.717) is 12.5 Å². The summed E-state index contributed by atoms with van der Waals surface area (Å²) in [7, 11) is 0. The van der Waals surface area contributed by atoms with E-state index in [9.17, 15) is 5.11 Å². The molecule has 2 bridgehead atoms. The first-order valence-electron chi connectivity index (χ1n) is 8.15. The molecule has 6 unspecified atom stereocenters. The van der Waals surface area contributed by atoms with Gasteiger partial charge in [0.2, 0.25) is 0 Å². The van der Waals surface area contributed by atoms with Gasteiger partial charge in [-0.3, -0.25) is 0 Å². The second-order valence-electron chi connectivity index (χ2n) is 7.31. The molecule has 3 aliphatic carbocycles. The first-order chi connectivity index (χ1) is 9.70. The molecule has 0 spiro atoms. The van der Waals surface area contributed by atoms with E-state index < -0.39 is 0 Å². The molecule has 20 heavy (non-hydrogen) atoms. The number of hydrogen-bond donors (Lipinski definition) is 2. The van der Waals surface area contributed by atoms with Crippen LogP contribution < -0.4 is 5.73 Å². The van der Waals surface area contributed by atoms with Gasteiger partial charge in [0.25, 0.3) is 0 Å². The first-order valence-corrected chi connectivity index (χ1v) is 8.15. The molecule has 0 amide bonds. The van der Waals surface area contributed by atoms with Crippen LogP contribution >= 0.6 is 0 Å². The minimum Gasteiger partial charge on any atom is -0.392 e. The number of fused-ring (bicyclic) bond motifs is 5. The highest BCUT2D eigenvalue weighted by molar-refractivity contribution is 5.27. The fraction of sp³-hybridized carbons (Fsp3) is 0.667. The normalized spacial score (nSPS) is 40.5. The maximum absolute atomic E-state index is 10.9. The Morgan fingerprint density at radius 1 is 1.15 bits per heavy atom. The van der Waals surface area contributed by atoms with Crippen LogP contribution in [0.2, 0.25) is 0 Å². The number of aliphatic hydroxyl groups excluding tert-OH is 1. The predicted octanol–water partition coefficient (Wildman–Crippen LogP) is 2.69. The van der Waals surface area contributed by atoms with Crippen molar-refractivity contribution in [2.24, 2.45) is 35.3 Å². The van der Waals surface area contributed by atoms with Gasteiger partial charge in [-0.15, -0.1) is 0 Å². The standard InChI is InChI=1S/C18H25NO/c1-10-2-4-11(5-3-10)14(9-19)18(20)17-15-12-6-7-13(8-12)16(15)17/h2-5,12-18,20H,6-9,19H2,1H3. The van der Waals surface area contributed by atoms with Crippen molar-refractivity contribution >= 4 is 0 Å². The molecule has 3 N–H and O–H groups in total. The molecule has 3 fully saturated rings. The SMILES string of the molecule is Cc1ccc(C(CN)C(O)C2C3C4CCC(C4)C32)cc1. The van der Waals surface area contributed by atoms with E-state index in [1.807, 2.05) is 0 Å². The van der Waals surface area contributed by atoms with Gasteiger partial charge in [-0.1, -0.05) is 29.8 Å². The average Bonchev–Trinajstić information content (AvgIpc) is 2.90. The number of aryl methyl sites for hydroxylation is 1. The molecule has 0 radical (unpaired) electrons. The van der Waals surface area contributed by atoms with Crippen molar-refractivity contribution in [2.75, 3.05) is 6.54 Å². The molecule has 2 nitrogen and oxygen atoms in total. The highest BCUT2D eigenvalue weighted by Crippen LogP contribution is 2.71. The van der Waals surface area contributed by atoms with Crippen LogP contribution in [0.25, 0.3) is 0 Å². The summed E-state index contributed by atoms with van der Waals surface area (Å²) in [4.78, 5) is 0. The Balaban J connectivity index is 1.52. The highest BCUT2D eigenvalue weighted by atomic mass is 16.3. The zero-order valence-electron chi connectivity index (χ0n) is 12.2. The third kappa shape index (κ3) is 1.78. The average molecular weight is 271 g/mol. The van der Waals surface area contributed by atoms with E-state index >= 15 is 0 Å². The van der Waals surface area contributed by atoms with Crippen LogP contribution in [0.15, 0.2) is 24.3 Å². The van der Waals surface area contributed by atoms with Crippen LogP contribution in [-0.2, 0) is 0 Å². The minimum atomic E-state index is -0.235. The molecule has 1 aromatic carbocycles. The lowest BCUT2D eigenvalue weighted by Crippen LogP contribution is -2.29. The largest absolute Gasteiger partial charge is 0.392 e. The molecule has 0 aliphatic heterocycles. The van der Waals surface area contributed by atoms with E-state index in [1.54, 1.807) is 0 Å². The van der Waals surface area contributed by atoms with Crippen molar-refractivity contribution in [3.05, 3.63) is 35.4 Å². The Hall–Kier alpha value is -0.860. The molecule has 2 heteroatoms. The molecule has 3 aliphatic rings. The van der Waals surface area contributed by atoms with Gasteiger partial charge in [0, 0.05) is 12.5 Å². The van der Waals surface area contributed by atoms with Gasteiger partial charge in [0.1, 0.15) is 0 Å². The van der Waals surface area contributed by atoms with Gasteiger partial charge in [-0.25, -0.2) is 0 Å². The van der Waals surface area contributed by atoms with Crippen LogP contribution in [-0.4, -0.2) is 17.8 Å². The second kappa shape index (κ2) is 4.57. The molecule has 3 saturated carbocycles. The summed E-state index contributed by atoms with van der Waals surface area (Å²) >= 11 is 0. The van der Waals surface area contributed by atoms with Crippen molar-refractivity contribution in [3.8, 4) is 0 Å². The maximum Gasteiger partial charge on any atom is 0.0654 e. The van der Waals surface area contributed by atoms with E-state index in [2.05, 4.69) is 31.2 Å². The van der Waals surface area contributed by atoms with Crippen LogP contribution in [0.4, 0.5) is 0 Å². The highest BCUT2D eigenvalue weighted by Gasteiger charge is 2.67. The fourth-order valence-corrected chi connectivity index (χ4v) is 5.40. The number of hydrogen-bond acceptors (Lipinski definition) is 2. The summed E-state index contributed by atoms with van der Waals surface area (Å²) in [6.45, 7) is 2.65. The van der Waals surface area contributed by atoms with Crippen LogP contribution in [0.5, 0.6) is 0 Å². The van der Waals surface area contributed by atoms with E-state index in [1.165, 1.54) is 30.4 Å². The lowest BCUT2D eigenvalue weighted by molar-refractivity contribution is 0.102. The number of benzene rings is 1. The monoisotopic (exact) mass is 271 g/mol. The Morgan fingerprint density at radius 2 is 1.75 bits per heavy atom. The summed E-state index contributed by atoms with van der Waals surface area (Å²) < 4.78 is 0. The lowest BCUT2D eigenvalue weighted by Gasteiger charge is -2.24. The van der Waals surface area contributed by atoms with Gasteiger partial charge in [0.05, 0.1) is 6.10 Å². The molecule has 0 heterocycles. The number of aliphatic hydroxyl groups is 1. The van der Waals surface area contributed by atoms with Crippen molar-refractivity contribution in [2.45, 2.75) is 38.2 Å². The summed E-state index contributed by atoms with van der Waals surface area (Å²) in [5.41, 5.74) is 8.46. The summed E-state index contributed by atoms with van der Waals surface area (Å²) in [6.07, 6.45) is 4.02. The van der Waals surface area contributed by atoms with Gasteiger partial charge < -0.3 is 10.8 Å². The first kappa shape index (κ1) is 12.8. The topological polar surface area (TPSA) is 46.2 Å². The van der Waals surface area contributed by atoms with Crippen molar-refractivity contribution in [3.63, 3.8) is 0 Å². The van der Waals surface area contributed by atoms with E-state index in [-0.39, 0.29) is 12.0 Å². The van der Waals surface area contributed by atoms with Crippen LogP contribution in [0.1, 0.15) is 36.3 Å². The Kier molecular flexibility index (Phi) is 2.94. The smallest absolute Gasteiger partial charge is 0.0654 e. The molecule has 0 saturated heterocycles. The quantitative estimate of drug-likeness (QED) is 0.884. The summed E-state index contributed by atoms with van der Waals surface area (Å²) in [5, 5.41) is 10.9. The second-order valence-corrected chi connectivity index (χ2v) is 7.31. The van der Waals surface area contributed by atoms with Crippen molar-refractivity contribution in [1.29, 1.82) is 0 Å². The lowest BCUT2D eigenvalue weighted by atomic mass is 9.86. The summed E-state index contributed by atoms with van der Waals surface area (Å²) in [5.74, 6) is 4.13. The van der Waals surface area contributed by atoms with Crippen molar-refractivity contribution < 1.29 is 5.11 Å². The van der Waals surface area contributed by atoms with E-state index in [0.717, 1.165) is 23.7 Å². The number of rotatable bonds is 4. The predicted molar refractivity (Wildman–Crippen MR) is 80.3 cm³/mol.